The van der Waals surface area contributed by atoms with Crippen LogP contribution in [0.15, 0.2) is 41.4 Å². The topological polar surface area (TPSA) is 84.4 Å². The molecule has 8 heteroatoms. The van der Waals surface area contributed by atoms with Crippen molar-refractivity contribution in [3.63, 3.8) is 0 Å². The quantitative estimate of drug-likeness (QED) is 0.472. The van der Waals surface area contributed by atoms with Gasteiger partial charge in [0.15, 0.2) is 17.5 Å². The second-order valence-corrected chi connectivity index (χ2v) is 6.95. The van der Waals surface area contributed by atoms with Crippen molar-refractivity contribution in [1.29, 1.82) is 0 Å². The first-order valence-electron chi connectivity index (χ1n) is 10.1. The Morgan fingerprint density at radius 2 is 1.71 bits per heavy atom. The normalized spacial score (nSPS) is 11.0. The van der Waals surface area contributed by atoms with E-state index in [4.69, 9.17) is 14.2 Å². The number of ether oxygens (including phenoxy) is 3. The second-order valence-electron chi connectivity index (χ2n) is 6.95. The number of carbonyl (C=O) groups excluding carboxylic acids is 1. The van der Waals surface area contributed by atoms with Crippen molar-refractivity contribution >= 4 is 17.6 Å². The van der Waals surface area contributed by atoms with Crippen LogP contribution in [-0.4, -0.2) is 65.3 Å². The summed E-state index contributed by atoms with van der Waals surface area (Å²) in [5.74, 6) is 2.27. The van der Waals surface area contributed by atoms with Gasteiger partial charge in [0.2, 0.25) is 5.75 Å². The number of anilines is 1. The minimum atomic E-state index is -0.0113. The highest BCUT2D eigenvalue weighted by atomic mass is 16.5. The predicted molar refractivity (Wildman–Crippen MR) is 124 cm³/mol. The van der Waals surface area contributed by atoms with E-state index in [1.165, 1.54) is 0 Å². The first-order chi connectivity index (χ1) is 14.9. The van der Waals surface area contributed by atoms with Gasteiger partial charge < -0.3 is 29.7 Å². The first kappa shape index (κ1) is 23.9. The van der Waals surface area contributed by atoms with E-state index in [1.54, 1.807) is 40.3 Å². The minimum Gasteiger partial charge on any atom is -0.493 e. The Morgan fingerprint density at radius 3 is 2.26 bits per heavy atom. The molecular formula is C23H32N4O4. The third-order valence-corrected chi connectivity index (χ3v) is 4.52. The summed E-state index contributed by atoms with van der Waals surface area (Å²) in [5.41, 5.74) is 2.49. The molecule has 0 radical (unpaired) electrons. The molecule has 0 saturated carbocycles. The summed E-state index contributed by atoms with van der Waals surface area (Å²) in [6, 6.07) is 11.3. The maximum absolute atomic E-state index is 12.2. The third-order valence-electron chi connectivity index (χ3n) is 4.52. The zero-order chi connectivity index (χ0) is 22.8. The highest BCUT2D eigenvalue weighted by Gasteiger charge is 2.14. The lowest BCUT2D eigenvalue weighted by Gasteiger charge is -2.16. The van der Waals surface area contributed by atoms with Crippen LogP contribution < -0.4 is 24.8 Å². The van der Waals surface area contributed by atoms with Gasteiger partial charge in [-0.2, -0.15) is 0 Å². The SMILES string of the molecule is CCNC(=NCCc1cccc(C(=O)N(C)C)c1)Nc1cc(OC)c(OC)c(OC)c1. The maximum Gasteiger partial charge on any atom is 0.253 e. The van der Waals surface area contributed by atoms with Crippen molar-refractivity contribution in [1.82, 2.24) is 10.2 Å². The number of nitrogens with zero attached hydrogens (tertiary/aromatic N) is 2. The van der Waals surface area contributed by atoms with Gasteiger partial charge >= 0.3 is 0 Å². The molecule has 0 aliphatic carbocycles. The molecule has 0 aliphatic heterocycles. The van der Waals surface area contributed by atoms with E-state index >= 15 is 0 Å². The van der Waals surface area contributed by atoms with Crippen LogP contribution in [0.5, 0.6) is 17.2 Å². The fourth-order valence-electron chi connectivity index (χ4n) is 3.01. The summed E-state index contributed by atoms with van der Waals surface area (Å²) in [6.45, 7) is 3.27. The molecule has 0 aromatic heterocycles. The smallest absolute Gasteiger partial charge is 0.253 e. The number of methoxy groups -OCH3 is 3. The van der Waals surface area contributed by atoms with E-state index in [-0.39, 0.29) is 5.91 Å². The van der Waals surface area contributed by atoms with E-state index in [1.807, 2.05) is 43.3 Å². The molecule has 0 heterocycles. The number of aliphatic imine (C=N–C) groups is 1. The van der Waals surface area contributed by atoms with E-state index < -0.39 is 0 Å². The van der Waals surface area contributed by atoms with Crippen LogP contribution in [0.25, 0.3) is 0 Å². The highest BCUT2D eigenvalue weighted by Crippen LogP contribution is 2.39. The molecule has 2 rings (SSSR count). The predicted octanol–water partition coefficient (Wildman–Crippen LogP) is 3.03. The van der Waals surface area contributed by atoms with Crippen molar-refractivity contribution < 1.29 is 19.0 Å². The summed E-state index contributed by atoms with van der Waals surface area (Å²) in [5, 5.41) is 6.50. The Balaban J connectivity index is 2.14. The van der Waals surface area contributed by atoms with E-state index in [0.29, 0.717) is 48.3 Å². The summed E-state index contributed by atoms with van der Waals surface area (Å²) in [7, 11) is 8.22. The zero-order valence-corrected chi connectivity index (χ0v) is 19.1. The zero-order valence-electron chi connectivity index (χ0n) is 19.1. The lowest BCUT2D eigenvalue weighted by Crippen LogP contribution is -2.31. The number of rotatable bonds is 9. The van der Waals surface area contributed by atoms with Crippen molar-refractivity contribution in [3.05, 3.63) is 47.5 Å². The van der Waals surface area contributed by atoms with Crippen LogP contribution in [0.4, 0.5) is 5.69 Å². The van der Waals surface area contributed by atoms with E-state index in [2.05, 4.69) is 15.6 Å². The van der Waals surface area contributed by atoms with Crippen LogP contribution in [0.2, 0.25) is 0 Å². The number of amides is 1. The Morgan fingerprint density at radius 1 is 1.03 bits per heavy atom. The lowest BCUT2D eigenvalue weighted by atomic mass is 10.1. The fraction of sp³-hybridized carbons (Fsp3) is 0.391. The van der Waals surface area contributed by atoms with Crippen molar-refractivity contribution in [2.45, 2.75) is 13.3 Å². The summed E-state index contributed by atoms with van der Waals surface area (Å²) < 4.78 is 16.2. The summed E-state index contributed by atoms with van der Waals surface area (Å²) >= 11 is 0. The maximum atomic E-state index is 12.2. The van der Waals surface area contributed by atoms with Gasteiger partial charge in [-0.3, -0.25) is 9.79 Å². The van der Waals surface area contributed by atoms with Crippen LogP contribution in [0, 0.1) is 0 Å². The molecule has 0 unspecified atom stereocenters. The molecular weight excluding hydrogens is 396 g/mol. The Hall–Kier alpha value is -3.42. The third kappa shape index (κ3) is 6.53. The molecule has 0 saturated heterocycles. The molecule has 31 heavy (non-hydrogen) atoms. The van der Waals surface area contributed by atoms with Gasteiger partial charge in [-0.25, -0.2) is 0 Å². The molecule has 1 amide bonds. The molecule has 2 aromatic carbocycles. The standard InChI is InChI=1S/C23H32N4O4/c1-7-24-23(26-18-14-19(29-4)21(31-6)20(15-18)30-5)25-12-11-16-9-8-10-17(13-16)22(28)27(2)3/h8-10,13-15H,7,11-12H2,1-6H3,(H2,24,25,26). The van der Waals surface area contributed by atoms with Gasteiger partial charge in [-0.05, 0) is 31.0 Å². The Bertz CT molecular complexity index is 887. The molecule has 168 valence electrons. The van der Waals surface area contributed by atoms with Crippen LogP contribution in [0.3, 0.4) is 0 Å². The number of guanidine groups is 1. The summed E-state index contributed by atoms with van der Waals surface area (Å²) in [6.07, 6.45) is 0.709. The van der Waals surface area contributed by atoms with Gasteiger partial charge in [-0.15, -0.1) is 0 Å². The largest absolute Gasteiger partial charge is 0.493 e. The monoisotopic (exact) mass is 428 g/mol. The highest BCUT2D eigenvalue weighted by molar-refractivity contribution is 5.94. The first-order valence-corrected chi connectivity index (χ1v) is 10.1. The fourth-order valence-corrected chi connectivity index (χ4v) is 3.01. The number of nitrogens with one attached hydrogen (secondary N) is 2. The van der Waals surface area contributed by atoms with Crippen molar-refractivity contribution in [2.24, 2.45) is 4.99 Å². The van der Waals surface area contributed by atoms with Crippen molar-refractivity contribution in [2.75, 3.05) is 53.8 Å². The van der Waals surface area contributed by atoms with Gasteiger partial charge in [0.1, 0.15) is 0 Å². The molecule has 2 aromatic rings. The molecule has 0 atom stereocenters. The van der Waals surface area contributed by atoms with Gasteiger partial charge in [0.25, 0.3) is 5.91 Å². The van der Waals surface area contributed by atoms with Crippen molar-refractivity contribution in [3.8, 4) is 17.2 Å². The number of carbonyl (C=O) groups is 1. The minimum absolute atomic E-state index is 0.0113. The molecule has 0 bridgehead atoms. The number of benzene rings is 2. The van der Waals surface area contributed by atoms with Crippen LogP contribution >= 0.6 is 0 Å². The van der Waals surface area contributed by atoms with Gasteiger partial charge in [0, 0.05) is 50.6 Å². The summed E-state index contributed by atoms with van der Waals surface area (Å²) in [4.78, 5) is 18.4. The average molecular weight is 429 g/mol. The molecule has 0 aliphatic rings. The number of hydrogen-bond donors (Lipinski definition) is 2. The second kappa shape index (κ2) is 11.7. The molecule has 2 N–H and O–H groups in total. The van der Waals surface area contributed by atoms with Crippen LogP contribution in [0.1, 0.15) is 22.8 Å². The van der Waals surface area contributed by atoms with Gasteiger partial charge in [-0.1, -0.05) is 12.1 Å². The van der Waals surface area contributed by atoms with Gasteiger partial charge in [0.05, 0.1) is 21.3 Å². The van der Waals surface area contributed by atoms with E-state index in [0.717, 1.165) is 11.3 Å². The van der Waals surface area contributed by atoms with Crippen LogP contribution in [-0.2, 0) is 6.42 Å². The molecule has 0 fully saturated rings. The van der Waals surface area contributed by atoms with E-state index in [9.17, 15) is 4.79 Å². The molecule has 0 spiro atoms. The average Bonchev–Trinajstić information content (AvgIpc) is 2.78. The number of hydrogen-bond acceptors (Lipinski definition) is 5. The lowest BCUT2D eigenvalue weighted by molar-refractivity contribution is 0.0827. The molecule has 8 nitrogen and oxygen atoms in total. The Kier molecular flexibility index (Phi) is 8.99. The Labute approximate surface area is 184 Å².